The predicted molar refractivity (Wildman–Crippen MR) is 120 cm³/mol. The Labute approximate surface area is 193 Å². The molecule has 6 rings (SSSR count). The summed E-state index contributed by atoms with van der Waals surface area (Å²) in [5, 5.41) is 8.18. The normalized spacial score (nSPS) is 18.6. The highest BCUT2D eigenvalue weighted by atomic mass is 19.3. The standard InChI is InChI=1S/C23H23F2N7O2/c1-12-17-19(31-30-12)26-11-27-20(17)32-8-6-22(3,7-9-32)21-28-13(2)18(29-21)14-4-5-15-16(10-14)34-23(24,25)33-15/h4-5,10-11H,6-9H2,1-3H3,(H,28,29)(H,26,27,30,31). The lowest BCUT2D eigenvalue weighted by molar-refractivity contribution is -0.286. The molecule has 0 unspecified atom stereocenters. The summed E-state index contributed by atoms with van der Waals surface area (Å²) in [6.45, 7) is 7.67. The lowest BCUT2D eigenvalue weighted by atomic mass is 9.79. The number of piperidine rings is 1. The summed E-state index contributed by atoms with van der Waals surface area (Å²) in [5.74, 6) is 1.82. The molecule has 0 amide bonds. The van der Waals surface area contributed by atoms with Crippen LogP contribution in [0.2, 0.25) is 0 Å². The van der Waals surface area contributed by atoms with Crippen molar-refractivity contribution in [3.05, 3.63) is 41.7 Å². The topological polar surface area (TPSA) is 105 Å². The molecule has 0 spiro atoms. The van der Waals surface area contributed by atoms with Crippen molar-refractivity contribution in [2.24, 2.45) is 0 Å². The molecule has 0 saturated carbocycles. The number of aromatic nitrogens is 6. The minimum absolute atomic E-state index is 0.0169. The van der Waals surface area contributed by atoms with Gasteiger partial charge in [-0.3, -0.25) is 5.10 Å². The first-order valence-electron chi connectivity index (χ1n) is 11.1. The number of fused-ring (bicyclic) bond motifs is 2. The molecule has 5 heterocycles. The predicted octanol–water partition coefficient (Wildman–Crippen LogP) is 4.24. The van der Waals surface area contributed by atoms with Crippen LogP contribution in [0.3, 0.4) is 0 Å². The van der Waals surface area contributed by atoms with Crippen molar-refractivity contribution < 1.29 is 18.3 Å². The molecule has 9 nitrogen and oxygen atoms in total. The third-order valence-electron chi connectivity index (χ3n) is 6.83. The van der Waals surface area contributed by atoms with Gasteiger partial charge in [0.2, 0.25) is 0 Å². The van der Waals surface area contributed by atoms with E-state index in [1.54, 1.807) is 18.5 Å². The number of aryl methyl sites for hydroxylation is 2. The molecule has 2 aliphatic heterocycles. The maximum absolute atomic E-state index is 13.4. The second-order valence-electron chi connectivity index (χ2n) is 9.15. The smallest absolute Gasteiger partial charge is 0.395 e. The number of ether oxygens (including phenoxy) is 2. The molecule has 2 aliphatic rings. The summed E-state index contributed by atoms with van der Waals surface area (Å²) in [5.41, 5.74) is 3.76. The third kappa shape index (κ3) is 3.25. The van der Waals surface area contributed by atoms with E-state index in [9.17, 15) is 8.78 Å². The number of imidazole rings is 1. The lowest BCUT2D eigenvalue weighted by Gasteiger charge is -2.38. The molecule has 0 atom stereocenters. The second-order valence-corrected chi connectivity index (χ2v) is 9.15. The summed E-state index contributed by atoms with van der Waals surface area (Å²) in [6.07, 6.45) is -0.336. The van der Waals surface area contributed by atoms with Gasteiger partial charge in [0.1, 0.15) is 18.0 Å². The molecule has 4 aromatic rings. The van der Waals surface area contributed by atoms with Crippen LogP contribution in [0, 0.1) is 13.8 Å². The van der Waals surface area contributed by atoms with E-state index in [-0.39, 0.29) is 16.9 Å². The summed E-state index contributed by atoms with van der Waals surface area (Å²) < 4.78 is 35.9. The van der Waals surface area contributed by atoms with Gasteiger partial charge in [-0.25, -0.2) is 15.0 Å². The van der Waals surface area contributed by atoms with Crippen LogP contribution >= 0.6 is 0 Å². The molecule has 0 aliphatic carbocycles. The average molecular weight is 467 g/mol. The Morgan fingerprint density at radius 3 is 2.59 bits per heavy atom. The van der Waals surface area contributed by atoms with Gasteiger partial charge in [0.25, 0.3) is 0 Å². The monoisotopic (exact) mass is 467 g/mol. The Kier molecular flexibility index (Phi) is 4.36. The van der Waals surface area contributed by atoms with Crippen molar-refractivity contribution in [1.29, 1.82) is 0 Å². The number of hydrogen-bond acceptors (Lipinski definition) is 7. The van der Waals surface area contributed by atoms with Crippen molar-refractivity contribution in [3.63, 3.8) is 0 Å². The van der Waals surface area contributed by atoms with Gasteiger partial charge < -0.3 is 19.4 Å². The maximum Gasteiger partial charge on any atom is 0.586 e. The largest absolute Gasteiger partial charge is 0.586 e. The lowest BCUT2D eigenvalue weighted by Crippen LogP contribution is -2.42. The molecule has 2 N–H and O–H groups in total. The molecule has 1 aromatic carbocycles. The van der Waals surface area contributed by atoms with E-state index >= 15 is 0 Å². The number of hydrogen-bond donors (Lipinski definition) is 2. The van der Waals surface area contributed by atoms with E-state index < -0.39 is 6.29 Å². The zero-order valence-corrected chi connectivity index (χ0v) is 18.9. The number of benzene rings is 1. The van der Waals surface area contributed by atoms with E-state index in [4.69, 9.17) is 4.98 Å². The summed E-state index contributed by atoms with van der Waals surface area (Å²) in [4.78, 5) is 19.4. The van der Waals surface area contributed by atoms with Crippen LogP contribution < -0.4 is 14.4 Å². The van der Waals surface area contributed by atoms with Gasteiger partial charge in [-0.2, -0.15) is 5.10 Å². The fraction of sp³-hybridized carbons (Fsp3) is 0.391. The number of halogens is 2. The maximum atomic E-state index is 13.4. The second kappa shape index (κ2) is 7.12. The minimum Gasteiger partial charge on any atom is -0.395 e. The highest BCUT2D eigenvalue weighted by Crippen LogP contribution is 2.44. The molecular weight excluding hydrogens is 444 g/mol. The summed E-state index contributed by atoms with van der Waals surface area (Å²) in [7, 11) is 0. The van der Waals surface area contributed by atoms with Gasteiger partial charge in [0, 0.05) is 24.1 Å². The van der Waals surface area contributed by atoms with Crippen LogP contribution in [0.4, 0.5) is 14.6 Å². The van der Waals surface area contributed by atoms with Gasteiger partial charge in [0.05, 0.1) is 22.5 Å². The highest BCUT2D eigenvalue weighted by molar-refractivity contribution is 5.89. The van der Waals surface area contributed by atoms with E-state index in [0.29, 0.717) is 0 Å². The van der Waals surface area contributed by atoms with E-state index in [1.807, 2.05) is 13.8 Å². The number of rotatable bonds is 3. The first-order valence-corrected chi connectivity index (χ1v) is 11.1. The van der Waals surface area contributed by atoms with Crippen LogP contribution in [-0.4, -0.2) is 49.5 Å². The van der Waals surface area contributed by atoms with Crippen LogP contribution in [-0.2, 0) is 5.41 Å². The SMILES string of the molecule is Cc1nc(C2(C)CCN(c3ncnc4[nH]nc(C)c34)CC2)[nH]c1-c1ccc2c(c1)OC(F)(F)O2. The molecule has 0 radical (unpaired) electrons. The van der Waals surface area contributed by atoms with Gasteiger partial charge in [-0.1, -0.05) is 6.92 Å². The van der Waals surface area contributed by atoms with E-state index in [1.165, 1.54) is 6.07 Å². The zero-order chi connectivity index (χ0) is 23.7. The van der Waals surface area contributed by atoms with Crippen molar-refractivity contribution in [2.45, 2.75) is 45.3 Å². The Morgan fingerprint density at radius 2 is 1.79 bits per heavy atom. The number of H-pyrrole nitrogens is 2. The fourth-order valence-corrected chi connectivity index (χ4v) is 4.81. The van der Waals surface area contributed by atoms with Crippen LogP contribution in [0.5, 0.6) is 11.5 Å². The Balaban J connectivity index is 1.25. The first-order chi connectivity index (χ1) is 16.2. The molecular formula is C23H23F2N7O2. The van der Waals surface area contributed by atoms with Gasteiger partial charge in [-0.05, 0) is 44.9 Å². The van der Waals surface area contributed by atoms with Gasteiger partial charge >= 0.3 is 6.29 Å². The molecule has 1 saturated heterocycles. The Hall–Kier alpha value is -3.76. The average Bonchev–Trinajstić information content (AvgIpc) is 3.47. The van der Waals surface area contributed by atoms with Gasteiger partial charge in [0.15, 0.2) is 17.1 Å². The van der Waals surface area contributed by atoms with Crippen molar-refractivity contribution in [3.8, 4) is 22.8 Å². The number of nitrogens with one attached hydrogen (secondary N) is 2. The number of anilines is 1. The number of aromatic amines is 2. The Morgan fingerprint density at radius 1 is 1.03 bits per heavy atom. The fourth-order valence-electron chi connectivity index (χ4n) is 4.81. The van der Waals surface area contributed by atoms with Crippen molar-refractivity contribution in [2.75, 3.05) is 18.0 Å². The van der Waals surface area contributed by atoms with Crippen LogP contribution in [0.1, 0.15) is 37.0 Å². The van der Waals surface area contributed by atoms with E-state index in [0.717, 1.165) is 71.3 Å². The van der Waals surface area contributed by atoms with Crippen LogP contribution in [0.25, 0.3) is 22.3 Å². The number of alkyl halides is 2. The van der Waals surface area contributed by atoms with Crippen molar-refractivity contribution in [1.82, 2.24) is 30.1 Å². The highest BCUT2D eigenvalue weighted by Gasteiger charge is 2.43. The molecule has 11 heteroatoms. The van der Waals surface area contributed by atoms with Crippen molar-refractivity contribution >= 4 is 16.9 Å². The molecule has 0 bridgehead atoms. The molecule has 176 valence electrons. The quantitative estimate of drug-likeness (QED) is 0.464. The first kappa shape index (κ1) is 20.8. The van der Waals surface area contributed by atoms with E-state index in [2.05, 4.69) is 46.4 Å². The molecule has 34 heavy (non-hydrogen) atoms. The third-order valence-corrected chi connectivity index (χ3v) is 6.83. The zero-order valence-electron chi connectivity index (χ0n) is 18.9. The molecule has 1 fully saturated rings. The molecule has 3 aromatic heterocycles. The minimum atomic E-state index is -3.64. The van der Waals surface area contributed by atoms with Gasteiger partial charge in [-0.15, -0.1) is 8.78 Å². The summed E-state index contributed by atoms with van der Waals surface area (Å²) in [6, 6.07) is 4.78. The van der Waals surface area contributed by atoms with Crippen LogP contribution in [0.15, 0.2) is 24.5 Å². The Bertz CT molecular complexity index is 1410. The number of nitrogens with zero attached hydrogens (tertiary/aromatic N) is 5. The summed E-state index contributed by atoms with van der Waals surface area (Å²) >= 11 is 0.